The van der Waals surface area contributed by atoms with E-state index < -0.39 is 11.6 Å². The Labute approximate surface area is 96.1 Å². The van der Waals surface area contributed by atoms with E-state index in [0.717, 1.165) is 12.4 Å². The molecule has 0 amide bonds. The highest BCUT2D eigenvalue weighted by Gasteiger charge is 2.12. The highest BCUT2D eigenvalue weighted by molar-refractivity contribution is 5.63. The highest BCUT2D eigenvalue weighted by atomic mass is 19.1. The molecule has 1 aromatic carbocycles. The third kappa shape index (κ3) is 2.01. The van der Waals surface area contributed by atoms with Crippen LogP contribution in [0.15, 0.2) is 24.5 Å². The Morgan fingerprint density at radius 3 is 2.65 bits per heavy atom. The third-order valence-electron chi connectivity index (χ3n) is 2.24. The van der Waals surface area contributed by atoms with Gasteiger partial charge in [0.2, 0.25) is 0 Å². The predicted octanol–water partition coefficient (Wildman–Crippen LogP) is 2.01. The van der Waals surface area contributed by atoms with Crippen molar-refractivity contribution in [2.75, 3.05) is 12.8 Å². The van der Waals surface area contributed by atoms with Crippen molar-refractivity contribution in [3.8, 4) is 17.0 Å². The van der Waals surface area contributed by atoms with Crippen molar-refractivity contribution in [3.63, 3.8) is 0 Å². The van der Waals surface area contributed by atoms with Crippen LogP contribution in [-0.2, 0) is 0 Å². The molecule has 17 heavy (non-hydrogen) atoms. The van der Waals surface area contributed by atoms with Gasteiger partial charge in [-0.05, 0) is 18.2 Å². The Kier molecular flexibility index (Phi) is 2.86. The van der Waals surface area contributed by atoms with Gasteiger partial charge in [0.05, 0.1) is 7.11 Å². The van der Waals surface area contributed by atoms with Crippen LogP contribution < -0.4 is 10.5 Å². The van der Waals surface area contributed by atoms with Crippen LogP contribution in [-0.4, -0.2) is 17.1 Å². The van der Waals surface area contributed by atoms with Gasteiger partial charge in [-0.1, -0.05) is 0 Å². The van der Waals surface area contributed by atoms with E-state index >= 15 is 0 Å². The van der Waals surface area contributed by atoms with Crippen LogP contribution in [0.4, 0.5) is 14.6 Å². The van der Waals surface area contributed by atoms with Crippen LogP contribution in [0.2, 0.25) is 0 Å². The number of hydrogen-bond acceptors (Lipinski definition) is 4. The van der Waals surface area contributed by atoms with Gasteiger partial charge in [-0.2, -0.15) is 0 Å². The van der Waals surface area contributed by atoms with Crippen LogP contribution in [0.25, 0.3) is 11.3 Å². The van der Waals surface area contributed by atoms with Gasteiger partial charge >= 0.3 is 0 Å². The largest absolute Gasteiger partial charge is 0.494 e. The fourth-order valence-electron chi connectivity index (χ4n) is 1.40. The number of ether oxygens (including phenoxy) is 1. The zero-order valence-corrected chi connectivity index (χ0v) is 8.95. The lowest BCUT2D eigenvalue weighted by molar-refractivity contribution is 0.386. The van der Waals surface area contributed by atoms with E-state index in [1.165, 1.54) is 19.2 Å². The molecule has 2 rings (SSSR count). The number of nitrogen functional groups attached to an aromatic ring is 1. The average Bonchev–Trinajstić information content (AvgIpc) is 2.32. The second kappa shape index (κ2) is 4.32. The van der Waals surface area contributed by atoms with Gasteiger partial charge in [0.1, 0.15) is 12.0 Å². The summed E-state index contributed by atoms with van der Waals surface area (Å²) in [6.45, 7) is 0. The number of anilines is 1. The van der Waals surface area contributed by atoms with Gasteiger partial charge in [-0.15, -0.1) is 0 Å². The fourth-order valence-corrected chi connectivity index (χ4v) is 1.40. The molecule has 0 atom stereocenters. The zero-order chi connectivity index (χ0) is 12.4. The smallest absolute Gasteiger partial charge is 0.191 e. The molecule has 0 saturated heterocycles. The molecule has 88 valence electrons. The molecule has 0 bridgehead atoms. The lowest BCUT2D eigenvalue weighted by Crippen LogP contribution is -1.99. The summed E-state index contributed by atoms with van der Waals surface area (Å²) >= 11 is 0. The monoisotopic (exact) mass is 237 g/mol. The molecule has 0 fully saturated rings. The van der Waals surface area contributed by atoms with Crippen LogP contribution in [0, 0.1) is 11.6 Å². The maximum atomic E-state index is 13.6. The number of halogens is 2. The molecule has 0 unspecified atom stereocenters. The molecule has 2 N–H and O–H groups in total. The van der Waals surface area contributed by atoms with Crippen LogP contribution in [0.1, 0.15) is 0 Å². The van der Waals surface area contributed by atoms with Crippen molar-refractivity contribution < 1.29 is 13.5 Å². The van der Waals surface area contributed by atoms with Crippen molar-refractivity contribution in [3.05, 3.63) is 36.2 Å². The summed E-state index contributed by atoms with van der Waals surface area (Å²) < 4.78 is 31.8. The molecule has 6 heteroatoms. The Hall–Kier alpha value is -2.24. The Balaban J connectivity index is 2.54. The van der Waals surface area contributed by atoms with Crippen molar-refractivity contribution >= 4 is 5.82 Å². The number of benzene rings is 1. The first kappa shape index (κ1) is 11.3. The van der Waals surface area contributed by atoms with Gasteiger partial charge in [-0.3, -0.25) is 0 Å². The Morgan fingerprint density at radius 2 is 2.00 bits per heavy atom. The number of hydrogen-bond donors (Lipinski definition) is 1. The molecule has 0 aliphatic carbocycles. The molecule has 0 spiro atoms. The molecule has 4 nitrogen and oxygen atoms in total. The SMILES string of the molecule is COc1ccc(-c2ncnc(N)c2F)cc1F. The number of rotatable bonds is 2. The van der Waals surface area contributed by atoms with Crippen LogP contribution in [0.3, 0.4) is 0 Å². The highest BCUT2D eigenvalue weighted by Crippen LogP contribution is 2.26. The average molecular weight is 237 g/mol. The van der Waals surface area contributed by atoms with E-state index in [1.54, 1.807) is 0 Å². The second-order valence-electron chi connectivity index (χ2n) is 3.27. The molecular formula is C11H9F2N3O. The summed E-state index contributed by atoms with van der Waals surface area (Å²) in [4.78, 5) is 7.23. The van der Waals surface area contributed by atoms with Crippen LogP contribution >= 0.6 is 0 Å². The number of nitrogens with zero attached hydrogens (tertiary/aromatic N) is 2. The lowest BCUT2D eigenvalue weighted by Gasteiger charge is -2.06. The van der Waals surface area contributed by atoms with Crippen LogP contribution in [0.5, 0.6) is 5.75 Å². The first-order valence-electron chi connectivity index (χ1n) is 4.73. The molecule has 1 aromatic heterocycles. The summed E-state index contributed by atoms with van der Waals surface area (Å²) in [7, 11) is 1.35. The second-order valence-corrected chi connectivity index (χ2v) is 3.27. The minimum Gasteiger partial charge on any atom is -0.494 e. The molecule has 1 heterocycles. The minimum absolute atomic E-state index is 0.0425. The number of aromatic nitrogens is 2. The normalized spacial score (nSPS) is 10.3. The van der Waals surface area contributed by atoms with E-state index in [-0.39, 0.29) is 22.8 Å². The number of methoxy groups -OCH3 is 1. The maximum absolute atomic E-state index is 13.6. The topological polar surface area (TPSA) is 61.0 Å². The first-order valence-corrected chi connectivity index (χ1v) is 4.73. The Bertz CT molecular complexity index is 560. The maximum Gasteiger partial charge on any atom is 0.191 e. The van der Waals surface area contributed by atoms with E-state index in [2.05, 4.69) is 9.97 Å². The van der Waals surface area contributed by atoms with Gasteiger partial charge < -0.3 is 10.5 Å². The van der Waals surface area contributed by atoms with Crippen molar-refractivity contribution in [2.45, 2.75) is 0 Å². The quantitative estimate of drug-likeness (QED) is 0.867. The summed E-state index contributed by atoms with van der Waals surface area (Å²) in [5.74, 6) is -1.55. The zero-order valence-electron chi connectivity index (χ0n) is 8.95. The van der Waals surface area contributed by atoms with Gasteiger partial charge in [-0.25, -0.2) is 18.7 Å². The van der Waals surface area contributed by atoms with E-state index in [1.807, 2.05) is 0 Å². The van der Waals surface area contributed by atoms with E-state index in [4.69, 9.17) is 10.5 Å². The Morgan fingerprint density at radius 1 is 1.24 bits per heavy atom. The molecule has 0 radical (unpaired) electrons. The van der Waals surface area contributed by atoms with Gasteiger partial charge in [0.25, 0.3) is 0 Å². The standard InChI is InChI=1S/C11H9F2N3O/c1-17-8-3-2-6(4-7(8)12)10-9(13)11(14)16-5-15-10/h2-5H,1H3,(H2,14,15,16). The van der Waals surface area contributed by atoms with Crippen molar-refractivity contribution in [1.82, 2.24) is 9.97 Å². The van der Waals surface area contributed by atoms with Gasteiger partial charge in [0, 0.05) is 5.56 Å². The fraction of sp³-hybridized carbons (Fsp3) is 0.0909. The molecular weight excluding hydrogens is 228 g/mol. The predicted molar refractivity (Wildman–Crippen MR) is 58.3 cm³/mol. The first-order chi connectivity index (χ1) is 8.13. The van der Waals surface area contributed by atoms with Gasteiger partial charge in [0.15, 0.2) is 23.2 Å². The molecule has 0 aliphatic heterocycles. The summed E-state index contributed by atoms with van der Waals surface area (Å²) in [6.07, 6.45) is 1.12. The van der Waals surface area contributed by atoms with Crippen molar-refractivity contribution in [2.24, 2.45) is 0 Å². The summed E-state index contributed by atoms with van der Waals surface area (Å²) in [5, 5.41) is 0. The lowest BCUT2D eigenvalue weighted by atomic mass is 10.1. The molecule has 0 aliphatic rings. The molecule has 2 aromatic rings. The molecule has 0 saturated carbocycles. The third-order valence-corrected chi connectivity index (χ3v) is 2.24. The minimum atomic E-state index is -0.767. The van der Waals surface area contributed by atoms with Crippen molar-refractivity contribution in [1.29, 1.82) is 0 Å². The summed E-state index contributed by atoms with van der Waals surface area (Å²) in [6, 6.07) is 4.01. The number of nitrogens with two attached hydrogens (primary N) is 1. The summed E-state index contributed by atoms with van der Waals surface area (Å²) in [5.41, 5.74) is 5.54. The van der Waals surface area contributed by atoms with E-state index in [0.29, 0.717) is 0 Å². The van der Waals surface area contributed by atoms with E-state index in [9.17, 15) is 8.78 Å².